The molecule has 0 saturated carbocycles. The summed E-state index contributed by atoms with van der Waals surface area (Å²) in [6.45, 7) is 0. The summed E-state index contributed by atoms with van der Waals surface area (Å²) in [7, 11) is 0. The van der Waals surface area contributed by atoms with Crippen LogP contribution in [0, 0.1) is 0 Å². The summed E-state index contributed by atoms with van der Waals surface area (Å²) in [5.74, 6) is 0. The Morgan fingerprint density at radius 1 is 0.680 bits per heavy atom. The van der Waals surface area contributed by atoms with E-state index in [4.69, 9.17) is 4.98 Å². The maximum Gasteiger partial charge on any atom is 0.100 e. The van der Waals surface area contributed by atoms with Gasteiger partial charge in [-0.3, -0.25) is 4.57 Å². The third-order valence-corrected chi connectivity index (χ3v) is 4.49. The SMILES string of the molecule is c1ccc(-c2ccc3c(ccc4c3ncn4-c3ccccc3)n2)cc1. The van der Waals surface area contributed by atoms with Crippen molar-refractivity contribution in [1.29, 1.82) is 0 Å². The molecule has 0 fully saturated rings. The molecule has 0 aliphatic rings. The third-order valence-electron chi connectivity index (χ3n) is 4.49. The number of nitrogens with zero attached hydrogens (tertiary/aromatic N) is 3. The molecule has 0 radical (unpaired) electrons. The van der Waals surface area contributed by atoms with Gasteiger partial charge in [-0.15, -0.1) is 0 Å². The minimum absolute atomic E-state index is 0.965. The van der Waals surface area contributed by atoms with E-state index in [9.17, 15) is 0 Å². The summed E-state index contributed by atoms with van der Waals surface area (Å²) >= 11 is 0. The van der Waals surface area contributed by atoms with E-state index in [1.54, 1.807) is 0 Å². The molecule has 0 aliphatic carbocycles. The summed E-state index contributed by atoms with van der Waals surface area (Å²) in [5.41, 5.74) is 6.25. The molecule has 3 nitrogen and oxygen atoms in total. The number of imidazole rings is 1. The van der Waals surface area contributed by atoms with Crippen LogP contribution in [0.4, 0.5) is 0 Å². The van der Waals surface area contributed by atoms with E-state index in [0.717, 1.165) is 38.9 Å². The van der Waals surface area contributed by atoms with Crippen molar-refractivity contribution >= 4 is 21.9 Å². The smallest absolute Gasteiger partial charge is 0.100 e. The Labute approximate surface area is 145 Å². The van der Waals surface area contributed by atoms with Gasteiger partial charge in [-0.25, -0.2) is 9.97 Å². The van der Waals surface area contributed by atoms with Crippen molar-refractivity contribution in [3.63, 3.8) is 0 Å². The fraction of sp³-hybridized carbons (Fsp3) is 0. The Kier molecular flexibility index (Phi) is 3.10. The van der Waals surface area contributed by atoms with Gasteiger partial charge in [0, 0.05) is 16.6 Å². The fourth-order valence-corrected chi connectivity index (χ4v) is 3.25. The van der Waals surface area contributed by atoms with Crippen LogP contribution in [-0.2, 0) is 0 Å². The number of hydrogen-bond acceptors (Lipinski definition) is 2. The van der Waals surface area contributed by atoms with Crippen LogP contribution in [0.1, 0.15) is 0 Å². The van der Waals surface area contributed by atoms with Gasteiger partial charge in [0.2, 0.25) is 0 Å². The number of para-hydroxylation sites is 1. The minimum atomic E-state index is 0.965. The van der Waals surface area contributed by atoms with Crippen LogP contribution >= 0.6 is 0 Å². The highest BCUT2D eigenvalue weighted by atomic mass is 15.0. The summed E-state index contributed by atoms with van der Waals surface area (Å²) < 4.78 is 2.11. The largest absolute Gasteiger partial charge is 0.299 e. The molecule has 3 heteroatoms. The lowest BCUT2D eigenvalue weighted by atomic mass is 10.1. The molecular weight excluding hydrogens is 306 g/mol. The van der Waals surface area contributed by atoms with Crippen LogP contribution in [-0.4, -0.2) is 14.5 Å². The monoisotopic (exact) mass is 321 g/mol. The van der Waals surface area contributed by atoms with Gasteiger partial charge in [0.25, 0.3) is 0 Å². The van der Waals surface area contributed by atoms with Gasteiger partial charge >= 0.3 is 0 Å². The first-order valence-electron chi connectivity index (χ1n) is 8.28. The molecule has 0 N–H and O–H groups in total. The van der Waals surface area contributed by atoms with Crippen LogP contribution in [0.3, 0.4) is 0 Å². The van der Waals surface area contributed by atoms with E-state index in [0.29, 0.717) is 0 Å². The lowest BCUT2D eigenvalue weighted by molar-refractivity contribution is 1.09. The predicted molar refractivity (Wildman–Crippen MR) is 102 cm³/mol. The topological polar surface area (TPSA) is 30.7 Å². The van der Waals surface area contributed by atoms with Gasteiger partial charge in [-0.1, -0.05) is 48.5 Å². The second-order valence-electron chi connectivity index (χ2n) is 6.01. The second kappa shape index (κ2) is 5.56. The molecule has 5 aromatic rings. The molecule has 0 aliphatic heterocycles. The van der Waals surface area contributed by atoms with Crippen molar-refractivity contribution in [3.05, 3.63) is 91.3 Å². The molecule has 2 aromatic heterocycles. The zero-order chi connectivity index (χ0) is 16.6. The normalized spacial score (nSPS) is 11.2. The second-order valence-corrected chi connectivity index (χ2v) is 6.01. The molecule has 2 heterocycles. The number of rotatable bonds is 2. The summed E-state index contributed by atoms with van der Waals surface area (Å²) in [4.78, 5) is 9.48. The van der Waals surface area contributed by atoms with E-state index in [2.05, 4.69) is 58.1 Å². The van der Waals surface area contributed by atoms with Crippen LogP contribution in [0.2, 0.25) is 0 Å². The average molecular weight is 321 g/mol. The Bertz CT molecular complexity index is 1180. The first-order valence-corrected chi connectivity index (χ1v) is 8.28. The standard InChI is InChI=1S/C22H15N3/c1-3-7-16(8-4-1)19-12-11-18-20(24-19)13-14-21-22(18)23-15-25(21)17-9-5-2-6-10-17/h1-15H. The molecule has 0 atom stereocenters. The van der Waals surface area contributed by atoms with Crippen molar-refractivity contribution in [2.45, 2.75) is 0 Å². The van der Waals surface area contributed by atoms with E-state index >= 15 is 0 Å². The highest BCUT2D eigenvalue weighted by molar-refractivity contribution is 6.03. The van der Waals surface area contributed by atoms with E-state index < -0.39 is 0 Å². The molecule has 0 amide bonds. The molecule has 118 valence electrons. The zero-order valence-electron chi connectivity index (χ0n) is 13.5. The molecule has 0 saturated heterocycles. The Hall–Kier alpha value is -3.46. The Morgan fingerprint density at radius 2 is 1.44 bits per heavy atom. The Morgan fingerprint density at radius 3 is 2.24 bits per heavy atom. The quantitative estimate of drug-likeness (QED) is 0.445. The molecule has 0 bridgehead atoms. The minimum Gasteiger partial charge on any atom is -0.299 e. The number of pyridine rings is 1. The summed E-state index contributed by atoms with van der Waals surface area (Å²) in [5, 5.41) is 1.08. The Balaban J connectivity index is 1.70. The van der Waals surface area contributed by atoms with Crippen molar-refractivity contribution in [2.24, 2.45) is 0 Å². The lowest BCUT2D eigenvalue weighted by Gasteiger charge is -2.06. The van der Waals surface area contributed by atoms with Crippen molar-refractivity contribution < 1.29 is 0 Å². The number of benzene rings is 3. The molecular formula is C22H15N3. The molecule has 0 unspecified atom stereocenters. The highest BCUT2D eigenvalue weighted by Gasteiger charge is 2.10. The molecule has 25 heavy (non-hydrogen) atoms. The van der Waals surface area contributed by atoms with Crippen molar-refractivity contribution in [1.82, 2.24) is 14.5 Å². The van der Waals surface area contributed by atoms with Crippen LogP contribution in [0.15, 0.2) is 91.3 Å². The molecule has 0 spiro atoms. The number of aromatic nitrogens is 3. The van der Waals surface area contributed by atoms with Crippen molar-refractivity contribution in [3.8, 4) is 16.9 Å². The van der Waals surface area contributed by atoms with Gasteiger partial charge in [0.1, 0.15) is 6.33 Å². The highest BCUT2D eigenvalue weighted by Crippen LogP contribution is 2.27. The summed E-state index contributed by atoms with van der Waals surface area (Å²) in [6.07, 6.45) is 1.88. The van der Waals surface area contributed by atoms with Gasteiger partial charge in [-0.05, 0) is 36.4 Å². The van der Waals surface area contributed by atoms with Crippen LogP contribution in [0.5, 0.6) is 0 Å². The van der Waals surface area contributed by atoms with Crippen LogP contribution < -0.4 is 0 Å². The van der Waals surface area contributed by atoms with Gasteiger partial charge in [0.15, 0.2) is 0 Å². The zero-order valence-corrected chi connectivity index (χ0v) is 13.5. The first kappa shape index (κ1) is 13.9. The van der Waals surface area contributed by atoms with E-state index in [1.165, 1.54) is 0 Å². The van der Waals surface area contributed by atoms with Gasteiger partial charge in [-0.2, -0.15) is 0 Å². The molecule has 3 aromatic carbocycles. The van der Waals surface area contributed by atoms with Gasteiger partial charge in [0.05, 0.1) is 22.2 Å². The fourth-order valence-electron chi connectivity index (χ4n) is 3.25. The van der Waals surface area contributed by atoms with E-state index in [1.807, 2.05) is 42.7 Å². The summed E-state index contributed by atoms with van der Waals surface area (Å²) in [6, 6.07) is 28.9. The first-order chi connectivity index (χ1) is 12.4. The van der Waals surface area contributed by atoms with Crippen molar-refractivity contribution in [2.75, 3.05) is 0 Å². The predicted octanol–water partition coefficient (Wildman–Crippen LogP) is 5.24. The number of hydrogen-bond donors (Lipinski definition) is 0. The maximum atomic E-state index is 4.83. The lowest BCUT2D eigenvalue weighted by Crippen LogP contribution is -1.91. The van der Waals surface area contributed by atoms with E-state index in [-0.39, 0.29) is 0 Å². The number of fused-ring (bicyclic) bond motifs is 3. The third kappa shape index (κ3) is 2.29. The van der Waals surface area contributed by atoms with Gasteiger partial charge < -0.3 is 0 Å². The molecule has 5 rings (SSSR count). The maximum absolute atomic E-state index is 4.83. The average Bonchev–Trinajstić information content (AvgIpc) is 3.13. The van der Waals surface area contributed by atoms with Crippen LogP contribution in [0.25, 0.3) is 38.9 Å².